The fourth-order valence-electron chi connectivity index (χ4n) is 3.03. The number of hydrogen-bond acceptors (Lipinski definition) is 4. The molecular formula is C18H19FN2O4. The van der Waals surface area contributed by atoms with E-state index in [1.165, 1.54) is 18.1 Å². The van der Waals surface area contributed by atoms with Gasteiger partial charge < -0.3 is 19.5 Å². The number of hydrogen-bond donors (Lipinski definition) is 1. The predicted octanol–water partition coefficient (Wildman–Crippen LogP) is 3.88. The molecule has 1 amide bonds. The molecule has 0 unspecified atom stereocenters. The van der Waals surface area contributed by atoms with Gasteiger partial charge in [-0.15, -0.1) is 0 Å². The SMILES string of the molecule is COc1cccc(F)c1Oc1ncccc1C1CCN(C(=O)O)CC1. The molecule has 3 rings (SSSR count). The lowest BCUT2D eigenvalue weighted by Gasteiger charge is -2.30. The van der Waals surface area contributed by atoms with Crippen LogP contribution in [0.5, 0.6) is 17.4 Å². The number of nitrogens with zero attached hydrogens (tertiary/aromatic N) is 2. The largest absolute Gasteiger partial charge is 0.493 e. The molecule has 1 aliphatic heterocycles. The smallest absolute Gasteiger partial charge is 0.407 e. The van der Waals surface area contributed by atoms with E-state index in [4.69, 9.17) is 14.6 Å². The van der Waals surface area contributed by atoms with Crippen LogP contribution in [0.15, 0.2) is 36.5 Å². The van der Waals surface area contributed by atoms with E-state index in [0.717, 1.165) is 5.56 Å². The van der Waals surface area contributed by atoms with E-state index in [1.54, 1.807) is 24.4 Å². The Balaban J connectivity index is 1.84. The molecule has 25 heavy (non-hydrogen) atoms. The van der Waals surface area contributed by atoms with E-state index >= 15 is 0 Å². The summed E-state index contributed by atoms with van der Waals surface area (Å²) in [6.07, 6.45) is 2.02. The molecule has 0 radical (unpaired) electrons. The molecule has 1 fully saturated rings. The lowest BCUT2D eigenvalue weighted by Crippen LogP contribution is -2.36. The average molecular weight is 346 g/mol. The zero-order valence-electron chi connectivity index (χ0n) is 13.8. The number of para-hydroxylation sites is 1. The van der Waals surface area contributed by atoms with Gasteiger partial charge in [-0.05, 0) is 37.0 Å². The van der Waals surface area contributed by atoms with Crippen molar-refractivity contribution in [3.05, 3.63) is 47.9 Å². The second-order valence-electron chi connectivity index (χ2n) is 5.81. The van der Waals surface area contributed by atoms with Crippen molar-refractivity contribution in [2.75, 3.05) is 20.2 Å². The maximum absolute atomic E-state index is 14.1. The normalized spacial score (nSPS) is 15.0. The number of piperidine rings is 1. The topological polar surface area (TPSA) is 71.9 Å². The summed E-state index contributed by atoms with van der Waals surface area (Å²) in [5, 5.41) is 9.07. The van der Waals surface area contributed by atoms with Crippen molar-refractivity contribution in [1.82, 2.24) is 9.88 Å². The first-order chi connectivity index (χ1) is 12.1. The Hall–Kier alpha value is -2.83. The van der Waals surface area contributed by atoms with Crippen LogP contribution in [0.4, 0.5) is 9.18 Å². The van der Waals surface area contributed by atoms with Crippen molar-refractivity contribution < 1.29 is 23.8 Å². The van der Waals surface area contributed by atoms with Crippen LogP contribution in [-0.4, -0.2) is 41.3 Å². The Labute approximate surface area is 144 Å². The number of carbonyl (C=O) groups is 1. The fraction of sp³-hybridized carbons (Fsp3) is 0.333. The summed E-state index contributed by atoms with van der Waals surface area (Å²) in [7, 11) is 1.45. The average Bonchev–Trinajstić information content (AvgIpc) is 2.64. The van der Waals surface area contributed by atoms with Crippen molar-refractivity contribution >= 4 is 6.09 Å². The number of carboxylic acid groups (broad SMARTS) is 1. The Bertz CT molecular complexity index is 760. The van der Waals surface area contributed by atoms with Crippen molar-refractivity contribution in [2.24, 2.45) is 0 Å². The molecule has 2 heterocycles. The molecule has 2 aromatic rings. The van der Waals surface area contributed by atoms with Crippen LogP contribution in [0.1, 0.15) is 24.3 Å². The monoisotopic (exact) mass is 346 g/mol. The second kappa shape index (κ2) is 7.38. The van der Waals surface area contributed by atoms with Crippen molar-refractivity contribution in [3.63, 3.8) is 0 Å². The Morgan fingerprint density at radius 2 is 2.04 bits per heavy atom. The number of amides is 1. The number of ether oxygens (including phenoxy) is 2. The molecule has 6 nitrogen and oxygen atoms in total. The summed E-state index contributed by atoms with van der Waals surface area (Å²) in [6.45, 7) is 0.911. The molecule has 0 bridgehead atoms. The molecule has 1 saturated heterocycles. The summed E-state index contributed by atoms with van der Waals surface area (Å²) in [4.78, 5) is 16.7. The molecule has 0 saturated carbocycles. The molecule has 1 N–H and O–H groups in total. The molecule has 0 atom stereocenters. The van der Waals surface area contributed by atoms with Crippen molar-refractivity contribution in [2.45, 2.75) is 18.8 Å². The number of halogens is 1. The standard InChI is InChI=1S/C18H19FN2O4/c1-24-15-6-2-5-14(19)16(15)25-17-13(4-3-9-20-17)12-7-10-21(11-8-12)18(22)23/h2-6,9,12H,7-8,10-11H2,1H3,(H,22,23). The summed E-state index contributed by atoms with van der Waals surface area (Å²) < 4.78 is 25.0. The second-order valence-corrected chi connectivity index (χ2v) is 5.81. The Kier molecular flexibility index (Phi) is 5.02. The maximum Gasteiger partial charge on any atom is 0.407 e. The lowest BCUT2D eigenvalue weighted by atomic mass is 9.90. The van der Waals surface area contributed by atoms with Crippen LogP contribution in [0.2, 0.25) is 0 Å². The minimum atomic E-state index is -0.905. The zero-order chi connectivity index (χ0) is 17.8. The van der Waals surface area contributed by atoms with Gasteiger partial charge in [0.05, 0.1) is 7.11 Å². The highest BCUT2D eigenvalue weighted by molar-refractivity contribution is 5.65. The third-order valence-electron chi connectivity index (χ3n) is 4.36. The van der Waals surface area contributed by atoms with Gasteiger partial charge in [0.1, 0.15) is 0 Å². The summed E-state index contributed by atoms with van der Waals surface area (Å²) in [5.41, 5.74) is 0.845. The Morgan fingerprint density at radius 3 is 2.72 bits per heavy atom. The molecule has 7 heteroatoms. The maximum atomic E-state index is 14.1. The molecule has 1 aromatic heterocycles. The van der Waals surface area contributed by atoms with E-state index in [0.29, 0.717) is 31.8 Å². The van der Waals surface area contributed by atoms with Gasteiger partial charge in [0.15, 0.2) is 11.6 Å². The van der Waals surface area contributed by atoms with Crippen LogP contribution in [0.25, 0.3) is 0 Å². The first kappa shape index (κ1) is 17.0. The van der Waals surface area contributed by atoms with Gasteiger partial charge in [-0.3, -0.25) is 0 Å². The third-order valence-corrected chi connectivity index (χ3v) is 4.36. The predicted molar refractivity (Wildman–Crippen MR) is 88.8 cm³/mol. The van der Waals surface area contributed by atoms with Gasteiger partial charge in [-0.1, -0.05) is 12.1 Å². The number of pyridine rings is 1. The van der Waals surface area contributed by atoms with Crippen LogP contribution < -0.4 is 9.47 Å². The van der Waals surface area contributed by atoms with E-state index in [1.807, 2.05) is 6.07 Å². The number of aromatic nitrogens is 1. The lowest BCUT2D eigenvalue weighted by molar-refractivity contribution is 0.132. The molecule has 1 aromatic carbocycles. The van der Waals surface area contributed by atoms with Crippen LogP contribution >= 0.6 is 0 Å². The van der Waals surface area contributed by atoms with Gasteiger partial charge >= 0.3 is 6.09 Å². The highest BCUT2D eigenvalue weighted by atomic mass is 19.1. The molecule has 1 aliphatic rings. The first-order valence-corrected chi connectivity index (χ1v) is 8.03. The molecule has 0 aliphatic carbocycles. The highest BCUT2D eigenvalue weighted by Gasteiger charge is 2.26. The molecule has 132 valence electrons. The van der Waals surface area contributed by atoms with Crippen molar-refractivity contribution in [3.8, 4) is 17.4 Å². The van der Waals surface area contributed by atoms with Gasteiger partial charge in [-0.2, -0.15) is 0 Å². The van der Waals surface area contributed by atoms with Crippen LogP contribution in [0, 0.1) is 5.82 Å². The van der Waals surface area contributed by atoms with Crippen LogP contribution in [0.3, 0.4) is 0 Å². The number of benzene rings is 1. The number of likely N-dealkylation sites (tertiary alicyclic amines) is 1. The quantitative estimate of drug-likeness (QED) is 0.910. The van der Waals surface area contributed by atoms with Crippen molar-refractivity contribution in [1.29, 1.82) is 0 Å². The van der Waals surface area contributed by atoms with Gasteiger partial charge in [-0.25, -0.2) is 14.2 Å². The summed E-state index contributed by atoms with van der Waals surface area (Å²) in [5.74, 6) is 0.179. The fourth-order valence-corrected chi connectivity index (χ4v) is 3.03. The molecular weight excluding hydrogens is 327 g/mol. The van der Waals surface area contributed by atoms with Gasteiger partial charge in [0.2, 0.25) is 11.6 Å². The summed E-state index contributed by atoms with van der Waals surface area (Å²) in [6, 6.07) is 8.14. The number of rotatable bonds is 4. The van der Waals surface area contributed by atoms with E-state index in [-0.39, 0.29) is 17.4 Å². The Morgan fingerprint density at radius 1 is 1.28 bits per heavy atom. The highest BCUT2D eigenvalue weighted by Crippen LogP contribution is 2.38. The van der Waals surface area contributed by atoms with E-state index in [9.17, 15) is 9.18 Å². The number of methoxy groups -OCH3 is 1. The van der Waals surface area contributed by atoms with Gasteiger partial charge in [0.25, 0.3) is 0 Å². The summed E-state index contributed by atoms with van der Waals surface area (Å²) >= 11 is 0. The van der Waals surface area contributed by atoms with E-state index in [2.05, 4.69) is 4.98 Å². The van der Waals surface area contributed by atoms with Gasteiger partial charge in [0, 0.05) is 24.8 Å². The molecule has 0 spiro atoms. The van der Waals surface area contributed by atoms with Crippen LogP contribution in [-0.2, 0) is 0 Å². The van der Waals surface area contributed by atoms with E-state index < -0.39 is 11.9 Å². The first-order valence-electron chi connectivity index (χ1n) is 8.03. The minimum Gasteiger partial charge on any atom is -0.493 e. The minimum absolute atomic E-state index is 0.00655. The third kappa shape index (κ3) is 3.65. The zero-order valence-corrected chi connectivity index (χ0v) is 13.8.